The van der Waals surface area contributed by atoms with E-state index >= 15 is 0 Å². The molecular weight excluding hydrogens is 260 g/mol. The van der Waals surface area contributed by atoms with Gasteiger partial charge in [0.05, 0.1) is 6.61 Å². The number of aryl methyl sites for hydroxylation is 1. The second-order valence-corrected chi connectivity index (χ2v) is 5.00. The van der Waals surface area contributed by atoms with E-state index in [-0.39, 0.29) is 6.61 Å². The van der Waals surface area contributed by atoms with E-state index in [4.69, 9.17) is 0 Å². The van der Waals surface area contributed by atoms with E-state index < -0.39 is 0 Å². The first kappa shape index (κ1) is 13.5. The molecule has 2 aromatic heterocycles. The summed E-state index contributed by atoms with van der Waals surface area (Å²) in [5.41, 5.74) is 6.41. The van der Waals surface area contributed by atoms with Gasteiger partial charge in [-0.05, 0) is 76.7 Å². The van der Waals surface area contributed by atoms with Gasteiger partial charge in [0.1, 0.15) is 0 Å². The minimum absolute atomic E-state index is 0.0239. The summed E-state index contributed by atoms with van der Waals surface area (Å²) in [7, 11) is 0. The highest BCUT2D eigenvalue weighted by atomic mass is 16.3. The molecule has 0 spiro atoms. The van der Waals surface area contributed by atoms with E-state index in [1.54, 1.807) is 18.6 Å². The van der Waals surface area contributed by atoms with Crippen molar-refractivity contribution in [1.29, 1.82) is 0 Å². The van der Waals surface area contributed by atoms with Crippen molar-refractivity contribution in [1.82, 2.24) is 9.97 Å². The second-order valence-electron chi connectivity index (χ2n) is 5.00. The second kappa shape index (κ2) is 5.85. The Kier molecular flexibility index (Phi) is 3.75. The summed E-state index contributed by atoms with van der Waals surface area (Å²) in [6.45, 7) is 2.07. The van der Waals surface area contributed by atoms with Gasteiger partial charge in [-0.25, -0.2) is 0 Å². The molecule has 1 N–H and O–H groups in total. The Morgan fingerprint density at radius 1 is 0.857 bits per heavy atom. The fourth-order valence-corrected chi connectivity index (χ4v) is 2.45. The molecule has 104 valence electrons. The van der Waals surface area contributed by atoms with E-state index in [2.05, 4.69) is 16.0 Å². The minimum atomic E-state index is 0.0239. The summed E-state index contributed by atoms with van der Waals surface area (Å²) in [5.74, 6) is 0. The van der Waals surface area contributed by atoms with Gasteiger partial charge in [0.25, 0.3) is 0 Å². The lowest BCUT2D eigenvalue weighted by molar-refractivity contribution is 0.282. The van der Waals surface area contributed by atoms with Crippen molar-refractivity contribution in [3.63, 3.8) is 0 Å². The third-order valence-corrected chi connectivity index (χ3v) is 3.52. The van der Waals surface area contributed by atoms with E-state index in [0.29, 0.717) is 0 Å². The molecule has 0 radical (unpaired) electrons. The van der Waals surface area contributed by atoms with Crippen molar-refractivity contribution < 1.29 is 5.11 Å². The predicted octanol–water partition coefficient (Wildman–Crippen LogP) is 3.61. The lowest BCUT2D eigenvalue weighted by atomic mass is 9.95. The van der Waals surface area contributed by atoms with Crippen LogP contribution >= 0.6 is 0 Å². The normalized spacial score (nSPS) is 10.6. The Morgan fingerprint density at radius 2 is 1.57 bits per heavy atom. The average Bonchev–Trinajstić information content (AvgIpc) is 2.55. The van der Waals surface area contributed by atoms with Crippen molar-refractivity contribution >= 4 is 0 Å². The lowest BCUT2D eigenvalue weighted by Gasteiger charge is -2.11. The number of pyridine rings is 2. The fourth-order valence-electron chi connectivity index (χ4n) is 2.45. The Labute approximate surface area is 124 Å². The summed E-state index contributed by atoms with van der Waals surface area (Å²) < 4.78 is 0. The first-order valence-electron chi connectivity index (χ1n) is 6.84. The van der Waals surface area contributed by atoms with Gasteiger partial charge in [0, 0.05) is 24.8 Å². The van der Waals surface area contributed by atoms with Crippen LogP contribution in [0.2, 0.25) is 0 Å². The first-order chi connectivity index (χ1) is 10.3. The molecule has 0 saturated heterocycles. The van der Waals surface area contributed by atoms with Crippen LogP contribution in [0.25, 0.3) is 22.3 Å². The molecule has 0 aliphatic heterocycles. The number of aliphatic hydroxyl groups excluding tert-OH is 1. The quantitative estimate of drug-likeness (QED) is 0.795. The molecule has 1 aromatic carbocycles. The van der Waals surface area contributed by atoms with E-state index in [1.807, 2.05) is 43.5 Å². The summed E-state index contributed by atoms with van der Waals surface area (Å²) >= 11 is 0. The molecule has 3 rings (SSSR count). The van der Waals surface area contributed by atoms with Crippen LogP contribution in [0.3, 0.4) is 0 Å². The maximum Gasteiger partial charge on any atom is 0.0682 e. The van der Waals surface area contributed by atoms with Crippen molar-refractivity contribution in [3.8, 4) is 22.3 Å². The summed E-state index contributed by atoms with van der Waals surface area (Å²) in [6.07, 6.45) is 7.20. The zero-order chi connectivity index (χ0) is 14.7. The molecule has 0 atom stereocenters. The molecule has 2 heterocycles. The number of aromatic nitrogens is 2. The molecule has 3 aromatic rings. The molecule has 3 nitrogen and oxygen atoms in total. The number of hydrogen-bond donors (Lipinski definition) is 1. The minimum Gasteiger partial charge on any atom is -0.392 e. The van der Waals surface area contributed by atoms with E-state index in [1.165, 1.54) is 0 Å². The van der Waals surface area contributed by atoms with Crippen LogP contribution in [-0.2, 0) is 6.61 Å². The lowest BCUT2D eigenvalue weighted by Crippen LogP contribution is -1.91. The molecule has 0 amide bonds. The predicted molar refractivity (Wildman–Crippen MR) is 83.6 cm³/mol. The maximum atomic E-state index is 9.52. The molecule has 0 aliphatic rings. The van der Waals surface area contributed by atoms with Crippen molar-refractivity contribution in [2.75, 3.05) is 0 Å². The summed E-state index contributed by atoms with van der Waals surface area (Å²) in [5, 5.41) is 9.52. The number of nitrogens with zero attached hydrogens (tertiary/aromatic N) is 2. The van der Waals surface area contributed by atoms with Crippen molar-refractivity contribution in [2.45, 2.75) is 13.5 Å². The molecular formula is C18H16N2O. The number of aliphatic hydroxyl groups is 1. The van der Waals surface area contributed by atoms with Crippen LogP contribution in [0, 0.1) is 6.92 Å². The van der Waals surface area contributed by atoms with Crippen LogP contribution in [0.15, 0.2) is 61.2 Å². The SMILES string of the molecule is Cc1cnccc1-c1cc(CO)cc(-c2ccncc2)c1. The molecule has 0 bridgehead atoms. The molecule has 0 aliphatic carbocycles. The first-order valence-corrected chi connectivity index (χ1v) is 6.84. The van der Waals surface area contributed by atoms with Crippen LogP contribution < -0.4 is 0 Å². The molecule has 0 fully saturated rings. The van der Waals surface area contributed by atoms with Gasteiger partial charge in [-0.15, -0.1) is 0 Å². The Hall–Kier alpha value is -2.52. The third-order valence-electron chi connectivity index (χ3n) is 3.52. The van der Waals surface area contributed by atoms with Crippen LogP contribution in [0.5, 0.6) is 0 Å². The van der Waals surface area contributed by atoms with Gasteiger partial charge in [0.2, 0.25) is 0 Å². The Bertz CT molecular complexity index is 754. The van der Waals surface area contributed by atoms with Crippen LogP contribution in [0.4, 0.5) is 0 Å². The topological polar surface area (TPSA) is 46.0 Å². The fraction of sp³-hybridized carbons (Fsp3) is 0.111. The van der Waals surface area contributed by atoms with Gasteiger partial charge in [-0.2, -0.15) is 0 Å². The molecule has 0 saturated carbocycles. The average molecular weight is 276 g/mol. The smallest absolute Gasteiger partial charge is 0.0682 e. The van der Waals surface area contributed by atoms with Gasteiger partial charge in [0.15, 0.2) is 0 Å². The zero-order valence-corrected chi connectivity index (χ0v) is 11.8. The van der Waals surface area contributed by atoms with E-state index in [9.17, 15) is 5.11 Å². The van der Waals surface area contributed by atoms with Crippen LogP contribution in [0.1, 0.15) is 11.1 Å². The van der Waals surface area contributed by atoms with E-state index in [0.717, 1.165) is 33.4 Å². The molecule has 0 unspecified atom stereocenters. The highest BCUT2D eigenvalue weighted by Crippen LogP contribution is 2.29. The van der Waals surface area contributed by atoms with Gasteiger partial charge >= 0.3 is 0 Å². The number of benzene rings is 1. The zero-order valence-electron chi connectivity index (χ0n) is 11.8. The Morgan fingerprint density at radius 3 is 2.29 bits per heavy atom. The van der Waals surface area contributed by atoms with Crippen molar-refractivity contribution in [3.05, 3.63) is 72.3 Å². The highest BCUT2D eigenvalue weighted by molar-refractivity contribution is 5.75. The third kappa shape index (κ3) is 2.83. The number of rotatable bonds is 3. The van der Waals surface area contributed by atoms with Crippen LogP contribution in [-0.4, -0.2) is 15.1 Å². The van der Waals surface area contributed by atoms with Gasteiger partial charge in [-0.3, -0.25) is 9.97 Å². The molecule has 3 heteroatoms. The van der Waals surface area contributed by atoms with Gasteiger partial charge < -0.3 is 5.11 Å². The summed E-state index contributed by atoms with van der Waals surface area (Å²) in [4.78, 5) is 8.19. The largest absolute Gasteiger partial charge is 0.392 e. The van der Waals surface area contributed by atoms with Crippen molar-refractivity contribution in [2.24, 2.45) is 0 Å². The highest BCUT2D eigenvalue weighted by Gasteiger charge is 2.07. The monoisotopic (exact) mass is 276 g/mol. The standard InChI is InChI=1S/C18H16N2O/c1-13-11-20-7-4-18(13)17-9-14(12-21)8-16(10-17)15-2-5-19-6-3-15/h2-11,21H,12H2,1H3. The van der Waals surface area contributed by atoms with Gasteiger partial charge in [-0.1, -0.05) is 0 Å². The summed E-state index contributed by atoms with van der Waals surface area (Å²) in [6, 6.07) is 12.1. The number of hydrogen-bond acceptors (Lipinski definition) is 3. The Balaban J connectivity index is 2.17. The maximum absolute atomic E-state index is 9.52. The molecule has 21 heavy (non-hydrogen) atoms.